The van der Waals surface area contributed by atoms with Gasteiger partial charge in [-0.1, -0.05) is 0 Å². The number of benzene rings is 1. The van der Waals surface area contributed by atoms with Crippen LogP contribution >= 0.6 is 12.4 Å². The van der Waals surface area contributed by atoms with Crippen LogP contribution in [-0.4, -0.2) is 71.6 Å². The zero-order valence-corrected chi connectivity index (χ0v) is 18.4. The number of nitrogens with zero attached hydrogens (tertiary/aromatic N) is 2. The summed E-state index contributed by atoms with van der Waals surface area (Å²) in [7, 11) is 0. The lowest BCUT2D eigenvalue weighted by atomic mass is 9.71. The van der Waals surface area contributed by atoms with Crippen LogP contribution in [0, 0.1) is 5.41 Å². The van der Waals surface area contributed by atoms with E-state index in [9.17, 15) is 19.8 Å². The number of amides is 2. The maximum atomic E-state index is 13.1. The van der Waals surface area contributed by atoms with E-state index in [1.165, 1.54) is 12.8 Å². The Kier molecular flexibility index (Phi) is 6.29. The summed E-state index contributed by atoms with van der Waals surface area (Å²) in [5, 5.41) is 26.0. The highest BCUT2D eigenvalue weighted by atomic mass is 35.5. The summed E-state index contributed by atoms with van der Waals surface area (Å²) in [6, 6.07) is 4.86. The van der Waals surface area contributed by atoms with Crippen molar-refractivity contribution in [3.63, 3.8) is 0 Å². The fourth-order valence-electron chi connectivity index (χ4n) is 5.59. The molecule has 9 heteroatoms. The second-order valence-electron chi connectivity index (χ2n) is 9.22. The number of halogens is 1. The number of carbonyl (C=O) groups excluding carboxylic acids is 2. The van der Waals surface area contributed by atoms with Crippen LogP contribution in [0.15, 0.2) is 18.2 Å². The summed E-state index contributed by atoms with van der Waals surface area (Å²) >= 11 is 0. The van der Waals surface area contributed by atoms with Crippen molar-refractivity contribution < 1.29 is 19.8 Å². The maximum absolute atomic E-state index is 13.1. The molecule has 3 fully saturated rings. The van der Waals surface area contributed by atoms with Gasteiger partial charge in [-0.25, -0.2) is 0 Å². The van der Waals surface area contributed by atoms with Crippen molar-refractivity contribution in [2.24, 2.45) is 5.41 Å². The zero-order valence-electron chi connectivity index (χ0n) is 17.5. The fourth-order valence-corrected chi connectivity index (χ4v) is 5.59. The third-order valence-electron chi connectivity index (χ3n) is 7.55. The maximum Gasteiger partial charge on any atom is 0.262 e. The van der Waals surface area contributed by atoms with E-state index in [1.54, 1.807) is 6.07 Å². The molecule has 8 nitrogen and oxygen atoms in total. The quantitative estimate of drug-likeness (QED) is 0.499. The van der Waals surface area contributed by atoms with Crippen molar-refractivity contribution >= 4 is 29.9 Å². The van der Waals surface area contributed by atoms with E-state index in [2.05, 4.69) is 15.5 Å². The SMILES string of the molecule is Cl.O=C1c2ccc(N3CCC4(CCNCC4)CC3)cc2C(=O)N1C1CCC(O)NC1O. The van der Waals surface area contributed by atoms with Gasteiger partial charge in [-0.2, -0.15) is 0 Å². The van der Waals surface area contributed by atoms with E-state index in [4.69, 9.17) is 0 Å². The second kappa shape index (κ2) is 8.67. The van der Waals surface area contributed by atoms with Gasteiger partial charge in [-0.3, -0.25) is 19.8 Å². The summed E-state index contributed by atoms with van der Waals surface area (Å²) in [6.07, 6.45) is 3.60. The summed E-state index contributed by atoms with van der Waals surface area (Å²) < 4.78 is 0. The van der Waals surface area contributed by atoms with Gasteiger partial charge in [0.25, 0.3) is 11.8 Å². The predicted molar refractivity (Wildman–Crippen MR) is 118 cm³/mol. The highest BCUT2D eigenvalue weighted by Crippen LogP contribution is 2.41. The standard InChI is InChI=1S/C22H30N4O4.ClH/c27-18-4-3-17(19(28)24-18)26-20(29)15-2-1-14(13-16(15)21(26)30)25-11-7-22(8-12-25)5-9-23-10-6-22;/h1-2,13,17-19,23-24,27-28H,3-12H2;1H. The van der Waals surface area contributed by atoms with Crippen LogP contribution in [0.4, 0.5) is 5.69 Å². The van der Waals surface area contributed by atoms with E-state index in [0.717, 1.165) is 49.6 Å². The van der Waals surface area contributed by atoms with Crippen LogP contribution in [0.1, 0.15) is 59.2 Å². The van der Waals surface area contributed by atoms with E-state index in [0.29, 0.717) is 29.4 Å². The Morgan fingerprint density at radius 3 is 2.29 bits per heavy atom. The first-order valence-electron chi connectivity index (χ1n) is 11.1. The second-order valence-corrected chi connectivity index (χ2v) is 9.22. The minimum atomic E-state index is -1.13. The first kappa shape index (κ1) is 22.5. The van der Waals surface area contributed by atoms with Crippen molar-refractivity contribution in [1.29, 1.82) is 0 Å². The molecule has 0 bridgehead atoms. The molecule has 170 valence electrons. The molecule has 5 rings (SSSR count). The molecule has 3 atom stereocenters. The number of hydrogen-bond donors (Lipinski definition) is 4. The molecule has 4 heterocycles. The molecule has 3 saturated heterocycles. The van der Waals surface area contributed by atoms with Crippen molar-refractivity contribution in [2.75, 3.05) is 31.1 Å². The highest BCUT2D eigenvalue weighted by Gasteiger charge is 2.44. The molecule has 31 heavy (non-hydrogen) atoms. The van der Waals surface area contributed by atoms with Gasteiger partial charge >= 0.3 is 0 Å². The molecule has 0 saturated carbocycles. The van der Waals surface area contributed by atoms with Crippen LogP contribution in [0.2, 0.25) is 0 Å². The molecular weight excluding hydrogens is 420 g/mol. The van der Waals surface area contributed by atoms with Gasteiger partial charge in [0, 0.05) is 18.8 Å². The average Bonchev–Trinajstić information content (AvgIpc) is 2.99. The van der Waals surface area contributed by atoms with Crippen LogP contribution in [0.3, 0.4) is 0 Å². The number of imide groups is 1. The molecule has 4 aliphatic heterocycles. The number of fused-ring (bicyclic) bond motifs is 1. The number of anilines is 1. The van der Waals surface area contributed by atoms with Crippen molar-refractivity contribution in [3.8, 4) is 0 Å². The topological polar surface area (TPSA) is 105 Å². The zero-order chi connectivity index (χ0) is 20.9. The molecule has 1 aromatic carbocycles. The summed E-state index contributed by atoms with van der Waals surface area (Å²) in [5.74, 6) is -0.720. The average molecular weight is 451 g/mol. The van der Waals surface area contributed by atoms with E-state index in [1.807, 2.05) is 12.1 Å². The number of aliphatic hydroxyl groups is 2. The Morgan fingerprint density at radius 2 is 1.61 bits per heavy atom. The fraction of sp³-hybridized carbons (Fsp3) is 0.636. The van der Waals surface area contributed by atoms with Gasteiger partial charge in [0.1, 0.15) is 12.5 Å². The van der Waals surface area contributed by atoms with Gasteiger partial charge in [0.2, 0.25) is 0 Å². The smallest absolute Gasteiger partial charge is 0.262 e. The Morgan fingerprint density at radius 1 is 0.935 bits per heavy atom. The van der Waals surface area contributed by atoms with Gasteiger partial charge in [-0.05, 0) is 75.2 Å². The van der Waals surface area contributed by atoms with Crippen LogP contribution < -0.4 is 15.5 Å². The Hall–Kier alpha value is -1.71. The number of hydrogen-bond acceptors (Lipinski definition) is 7. The third kappa shape index (κ3) is 3.96. The van der Waals surface area contributed by atoms with Crippen molar-refractivity contribution in [2.45, 2.75) is 57.0 Å². The Bertz CT molecular complexity index is 850. The van der Waals surface area contributed by atoms with E-state index >= 15 is 0 Å². The van der Waals surface area contributed by atoms with Gasteiger partial charge in [0.05, 0.1) is 17.2 Å². The number of rotatable bonds is 2. The molecule has 0 aliphatic carbocycles. The molecule has 4 aliphatic rings. The molecular formula is C22H31ClN4O4. The lowest BCUT2D eigenvalue weighted by Crippen LogP contribution is -2.58. The Balaban J connectivity index is 0.00000231. The third-order valence-corrected chi connectivity index (χ3v) is 7.55. The lowest BCUT2D eigenvalue weighted by molar-refractivity contribution is -0.0413. The molecule has 3 unspecified atom stereocenters. The minimum Gasteiger partial charge on any atom is -0.379 e. The normalized spacial score (nSPS) is 30.3. The Labute approximate surface area is 188 Å². The van der Waals surface area contributed by atoms with E-state index < -0.39 is 18.5 Å². The van der Waals surface area contributed by atoms with Crippen molar-refractivity contribution in [3.05, 3.63) is 29.3 Å². The van der Waals surface area contributed by atoms with Crippen LogP contribution in [-0.2, 0) is 0 Å². The highest BCUT2D eigenvalue weighted by molar-refractivity contribution is 6.22. The largest absolute Gasteiger partial charge is 0.379 e. The molecule has 1 spiro atoms. The number of carbonyl (C=O) groups is 2. The van der Waals surface area contributed by atoms with E-state index in [-0.39, 0.29) is 24.2 Å². The summed E-state index contributed by atoms with van der Waals surface area (Å²) in [5.41, 5.74) is 2.25. The molecule has 4 N–H and O–H groups in total. The minimum absolute atomic E-state index is 0. The predicted octanol–water partition coefficient (Wildman–Crippen LogP) is 1.06. The molecule has 0 radical (unpaired) electrons. The first-order valence-corrected chi connectivity index (χ1v) is 11.1. The van der Waals surface area contributed by atoms with Gasteiger partial charge < -0.3 is 20.4 Å². The lowest BCUT2D eigenvalue weighted by Gasteiger charge is -2.45. The number of aliphatic hydroxyl groups excluding tert-OH is 2. The van der Waals surface area contributed by atoms with Gasteiger partial charge in [-0.15, -0.1) is 12.4 Å². The van der Waals surface area contributed by atoms with Crippen LogP contribution in [0.5, 0.6) is 0 Å². The number of piperidine rings is 3. The van der Waals surface area contributed by atoms with Crippen molar-refractivity contribution in [1.82, 2.24) is 15.5 Å². The molecule has 0 aromatic heterocycles. The molecule has 2 amide bonds. The number of nitrogens with one attached hydrogen (secondary N) is 2. The summed E-state index contributed by atoms with van der Waals surface area (Å²) in [4.78, 5) is 29.5. The molecule has 1 aromatic rings. The summed E-state index contributed by atoms with van der Waals surface area (Å²) in [6.45, 7) is 4.13. The first-order chi connectivity index (χ1) is 14.5. The van der Waals surface area contributed by atoms with Gasteiger partial charge in [0.15, 0.2) is 0 Å². The monoisotopic (exact) mass is 450 g/mol. The van der Waals surface area contributed by atoms with Crippen LogP contribution in [0.25, 0.3) is 0 Å².